The van der Waals surface area contributed by atoms with Crippen LogP contribution in [0, 0.1) is 0 Å². The molecule has 0 radical (unpaired) electrons. The van der Waals surface area contributed by atoms with E-state index in [2.05, 4.69) is 15.9 Å². The quantitative estimate of drug-likeness (QED) is 0.836. The molecular weight excluding hydrogens is 366 g/mol. The van der Waals surface area contributed by atoms with Gasteiger partial charge in [-0.25, -0.2) is 13.2 Å². The van der Waals surface area contributed by atoms with Crippen LogP contribution in [0.5, 0.6) is 0 Å². The number of piperidine rings is 1. The molecular formula is C12H16BrNO6S. The standard InChI is InChI=1S/C12H16BrNO6S/c1-2-19-8-4-3-5-14(7-8)21(17,18)10-6-9(12(15)16)20-11(10)13/h6,8H,2-5,7H2,1H3,(H,15,16). The van der Waals surface area contributed by atoms with Gasteiger partial charge in [0.1, 0.15) is 4.90 Å². The van der Waals surface area contributed by atoms with Crippen molar-refractivity contribution in [1.29, 1.82) is 0 Å². The predicted molar refractivity (Wildman–Crippen MR) is 76.8 cm³/mol. The Balaban J connectivity index is 2.27. The number of aromatic carboxylic acids is 1. The molecule has 2 rings (SSSR count). The van der Waals surface area contributed by atoms with Crippen LogP contribution in [0.3, 0.4) is 0 Å². The molecule has 0 amide bonds. The van der Waals surface area contributed by atoms with Gasteiger partial charge in [-0.2, -0.15) is 4.31 Å². The predicted octanol–water partition coefficient (Wildman–Crippen LogP) is 1.93. The Kier molecular flexibility index (Phi) is 5.07. The normalized spacial score (nSPS) is 20.6. The number of carbonyl (C=O) groups is 1. The molecule has 0 aromatic carbocycles. The molecule has 0 saturated carbocycles. The van der Waals surface area contributed by atoms with Gasteiger partial charge in [-0.05, 0) is 35.7 Å². The average Bonchev–Trinajstić information content (AvgIpc) is 2.82. The molecule has 1 aliphatic heterocycles. The second-order valence-electron chi connectivity index (χ2n) is 4.64. The number of carboxylic acid groups (broad SMARTS) is 1. The van der Waals surface area contributed by atoms with Gasteiger partial charge in [0.2, 0.25) is 15.8 Å². The third-order valence-corrected chi connectivity index (χ3v) is 5.95. The minimum absolute atomic E-state index is 0.0987. The summed E-state index contributed by atoms with van der Waals surface area (Å²) in [5.74, 6) is -1.73. The molecule has 1 aromatic rings. The summed E-state index contributed by atoms with van der Waals surface area (Å²) in [5, 5.41) is 8.87. The highest BCUT2D eigenvalue weighted by Crippen LogP contribution is 2.30. The van der Waals surface area contributed by atoms with Crippen LogP contribution in [-0.2, 0) is 14.8 Å². The summed E-state index contributed by atoms with van der Waals surface area (Å²) in [6, 6.07) is 1.02. The second kappa shape index (κ2) is 6.47. The van der Waals surface area contributed by atoms with Crippen LogP contribution in [0.25, 0.3) is 0 Å². The maximum absolute atomic E-state index is 12.6. The Bertz CT molecular complexity index is 624. The SMILES string of the molecule is CCOC1CCCN(S(=O)(=O)c2cc(C(=O)O)oc2Br)C1. The Hall–Kier alpha value is -0.900. The number of hydrogen-bond acceptors (Lipinski definition) is 5. The minimum Gasteiger partial charge on any atom is -0.475 e. The van der Waals surface area contributed by atoms with Crippen molar-refractivity contribution in [3.8, 4) is 0 Å². The van der Waals surface area contributed by atoms with Crippen molar-refractivity contribution in [2.24, 2.45) is 0 Å². The van der Waals surface area contributed by atoms with Gasteiger partial charge in [-0.3, -0.25) is 0 Å². The van der Waals surface area contributed by atoms with Crippen LogP contribution in [0.15, 0.2) is 20.0 Å². The summed E-state index contributed by atoms with van der Waals surface area (Å²) in [5.41, 5.74) is 0. The maximum Gasteiger partial charge on any atom is 0.371 e. The number of nitrogens with zero attached hydrogens (tertiary/aromatic N) is 1. The van der Waals surface area contributed by atoms with E-state index in [-0.39, 0.29) is 22.2 Å². The first-order chi connectivity index (χ1) is 9.86. The van der Waals surface area contributed by atoms with Gasteiger partial charge in [-0.1, -0.05) is 0 Å². The molecule has 1 aromatic heterocycles. The van der Waals surface area contributed by atoms with Crippen molar-refractivity contribution >= 4 is 31.9 Å². The van der Waals surface area contributed by atoms with Crippen LogP contribution >= 0.6 is 15.9 Å². The fourth-order valence-corrected chi connectivity index (χ4v) is 4.68. The zero-order valence-electron chi connectivity index (χ0n) is 11.4. The molecule has 118 valence electrons. The molecule has 1 fully saturated rings. The number of carboxylic acids is 1. The molecule has 1 aliphatic rings. The lowest BCUT2D eigenvalue weighted by Crippen LogP contribution is -2.43. The van der Waals surface area contributed by atoms with E-state index in [4.69, 9.17) is 14.3 Å². The molecule has 2 heterocycles. The summed E-state index contributed by atoms with van der Waals surface area (Å²) in [7, 11) is -3.81. The number of sulfonamides is 1. The number of furan rings is 1. The third-order valence-electron chi connectivity index (χ3n) is 3.23. The molecule has 1 saturated heterocycles. The number of ether oxygens (including phenoxy) is 1. The third kappa shape index (κ3) is 3.47. The van der Waals surface area contributed by atoms with E-state index in [9.17, 15) is 13.2 Å². The fraction of sp³-hybridized carbons (Fsp3) is 0.583. The van der Waals surface area contributed by atoms with Gasteiger partial charge in [-0.15, -0.1) is 0 Å². The highest BCUT2D eigenvalue weighted by Gasteiger charge is 2.34. The smallest absolute Gasteiger partial charge is 0.371 e. The summed E-state index contributed by atoms with van der Waals surface area (Å²) < 4.78 is 36.8. The molecule has 1 N–H and O–H groups in total. The number of hydrogen-bond donors (Lipinski definition) is 1. The van der Waals surface area contributed by atoms with Crippen molar-refractivity contribution in [2.75, 3.05) is 19.7 Å². The zero-order valence-corrected chi connectivity index (χ0v) is 13.8. The monoisotopic (exact) mass is 381 g/mol. The first-order valence-electron chi connectivity index (χ1n) is 6.50. The molecule has 7 nitrogen and oxygen atoms in total. The molecule has 0 spiro atoms. The van der Waals surface area contributed by atoms with Crippen molar-refractivity contribution in [2.45, 2.75) is 30.8 Å². The highest BCUT2D eigenvalue weighted by atomic mass is 79.9. The van der Waals surface area contributed by atoms with E-state index in [0.717, 1.165) is 12.5 Å². The zero-order chi connectivity index (χ0) is 15.6. The van der Waals surface area contributed by atoms with E-state index in [1.165, 1.54) is 4.31 Å². The topological polar surface area (TPSA) is 97.0 Å². The second-order valence-corrected chi connectivity index (χ2v) is 7.26. The van der Waals surface area contributed by atoms with Crippen molar-refractivity contribution in [1.82, 2.24) is 4.31 Å². The van der Waals surface area contributed by atoms with E-state index in [1.807, 2.05) is 6.92 Å². The van der Waals surface area contributed by atoms with E-state index < -0.39 is 21.8 Å². The van der Waals surface area contributed by atoms with Crippen molar-refractivity contribution in [3.05, 3.63) is 16.5 Å². The number of halogens is 1. The van der Waals surface area contributed by atoms with Gasteiger partial charge in [0.25, 0.3) is 0 Å². The summed E-state index contributed by atoms with van der Waals surface area (Å²) in [6.45, 7) is 3.03. The van der Waals surface area contributed by atoms with Crippen molar-refractivity contribution in [3.63, 3.8) is 0 Å². The molecule has 9 heteroatoms. The van der Waals surface area contributed by atoms with E-state index in [1.54, 1.807) is 0 Å². The first kappa shape index (κ1) is 16.5. The summed E-state index contributed by atoms with van der Waals surface area (Å²) in [6.07, 6.45) is 1.38. The molecule has 21 heavy (non-hydrogen) atoms. The Labute approximate surface area is 131 Å². The molecule has 0 aliphatic carbocycles. The highest BCUT2D eigenvalue weighted by molar-refractivity contribution is 9.10. The van der Waals surface area contributed by atoms with Crippen LogP contribution in [0.4, 0.5) is 0 Å². The summed E-state index contributed by atoms with van der Waals surface area (Å²) in [4.78, 5) is 10.7. The first-order valence-corrected chi connectivity index (χ1v) is 8.74. The van der Waals surface area contributed by atoms with Crippen LogP contribution in [-0.4, -0.2) is 49.6 Å². The van der Waals surface area contributed by atoms with E-state index in [0.29, 0.717) is 19.6 Å². The number of rotatable bonds is 5. The molecule has 1 atom stereocenters. The lowest BCUT2D eigenvalue weighted by Gasteiger charge is -2.31. The minimum atomic E-state index is -3.81. The van der Waals surface area contributed by atoms with Crippen LogP contribution in [0.1, 0.15) is 30.3 Å². The lowest BCUT2D eigenvalue weighted by molar-refractivity contribution is 0.0265. The lowest BCUT2D eigenvalue weighted by atomic mass is 10.1. The Morgan fingerprint density at radius 3 is 2.90 bits per heavy atom. The molecule has 1 unspecified atom stereocenters. The largest absolute Gasteiger partial charge is 0.475 e. The van der Waals surface area contributed by atoms with Gasteiger partial charge < -0.3 is 14.3 Å². The fourth-order valence-electron chi connectivity index (χ4n) is 2.27. The van der Waals surface area contributed by atoms with Crippen LogP contribution < -0.4 is 0 Å². The summed E-state index contributed by atoms with van der Waals surface area (Å²) >= 11 is 2.97. The van der Waals surface area contributed by atoms with Gasteiger partial charge in [0.15, 0.2) is 4.67 Å². The molecule has 0 bridgehead atoms. The van der Waals surface area contributed by atoms with Gasteiger partial charge >= 0.3 is 5.97 Å². The Morgan fingerprint density at radius 1 is 1.62 bits per heavy atom. The van der Waals surface area contributed by atoms with Gasteiger partial charge in [0, 0.05) is 25.8 Å². The Morgan fingerprint density at radius 2 is 2.33 bits per heavy atom. The maximum atomic E-state index is 12.6. The van der Waals surface area contributed by atoms with E-state index >= 15 is 0 Å². The van der Waals surface area contributed by atoms with Gasteiger partial charge in [0.05, 0.1) is 6.10 Å². The van der Waals surface area contributed by atoms with Crippen molar-refractivity contribution < 1.29 is 27.5 Å². The average molecular weight is 382 g/mol. The van der Waals surface area contributed by atoms with Crippen LogP contribution in [0.2, 0.25) is 0 Å².